The van der Waals surface area contributed by atoms with Gasteiger partial charge in [0, 0.05) is 18.1 Å². The third-order valence-electron chi connectivity index (χ3n) is 3.07. The zero-order valence-electron chi connectivity index (χ0n) is 9.17. The quantitative estimate of drug-likeness (QED) is 0.669. The maximum atomic E-state index is 10.6. The molecule has 0 aliphatic heterocycles. The molecule has 0 heterocycles. The average molecular weight is 200 g/mol. The van der Waals surface area contributed by atoms with Gasteiger partial charge in [0.05, 0.1) is 12.6 Å². The molecule has 82 valence electrons. The molecule has 1 saturated carbocycles. The maximum absolute atomic E-state index is 10.6. The number of amides is 1. The Morgan fingerprint density at radius 3 is 2.71 bits per heavy atom. The third kappa shape index (κ3) is 2.25. The van der Waals surface area contributed by atoms with E-state index in [0.717, 1.165) is 13.0 Å². The van der Waals surface area contributed by atoms with E-state index in [0.29, 0.717) is 12.1 Å². The molecule has 2 unspecified atom stereocenters. The van der Waals surface area contributed by atoms with E-state index in [1.54, 1.807) is 0 Å². The van der Waals surface area contributed by atoms with Crippen LogP contribution in [0.3, 0.4) is 0 Å². The van der Waals surface area contributed by atoms with E-state index in [1.165, 1.54) is 0 Å². The average Bonchev–Trinajstić information content (AvgIpc) is 2.09. The Bertz CT molecular complexity index is 216. The molecule has 0 aromatic rings. The van der Waals surface area contributed by atoms with Crippen LogP contribution < -0.4 is 11.1 Å². The molecule has 4 nitrogen and oxygen atoms in total. The van der Waals surface area contributed by atoms with E-state index in [2.05, 4.69) is 19.2 Å². The summed E-state index contributed by atoms with van der Waals surface area (Å²) in [6.07, 6.45) is 1.27. The van der Waals surface area contributed by atoms with Gasteiger partial charge in [-0.3, -0.25) is 4.79 Å². The van der Waals surface area contributed by atoms with Gasteiger partial charge in [-0.2, -0.15) is 0 Å². The van der Waals surface area contributed by atoms with Crippen molar-refractivity contribution < 1.29 is 9.53 Å². The SMILES string of the molecule is CCOC1CC(NCC(N)=O)C1(C)C. The van der Waals surface area contributed by atoms with Gasteiger partial charge >= 0.3 is 0 Å². The Labute approximate surface area is 85.2 Å². The van der Waals surface area contributed by atoms with Crippen LogP contribution >= 0.6 is 0 Å². The van der Waals surface area contributed by atoms with Crippen LogP contribution in [0.1, 0.15) is 27.2 Å². The molecular formula is C10H20N2O2. The van der Waals surface area contributed by atoms with Crippen LogP contribution in [0.5, 0.6) is 0 Å². The monoisotopic (exact) mass is 200 g/mol. The molecule has 1 rings (SSSR count). The Morgan fingerprint density at radius 1 is 1.64 bits per heavy atom. The lowest BCUT2D eigenvalue weighted by molar-refractivity contribution is -0.124. The molecule has 3 N–H and O–H groups in total. The molecule has 0 radical (unpaired) electrons. The fourth-order valence-corrected chi connectivity index (χ4v) is 1.94. The minimum Gasteiger partial charge on any atom is -0.378 e. The first-order valence-corrected chi connectivity index (χ1v) is 5.11. The molecule has 0 aromatic carbocycles. The van der Waals surface area contributed by atoms with Crippen LogP contribution in [0, 0.1) is 5.41 Å². The third-order valence-corrected chi connectivity index (χ3v) is 3.07. The van der Waals surface area contributed by atoms with Crippen LogP contribution in [0.25, 0.3) is 0 Å². The number of rotatable bonds is 5. The predicted molar refractivity (Wildman–Crippen MR) is 54.8 cm³/mol. The van der Waals surface area contributed by atoms with Gasteiger partial charge < -0.3 is 15.8 Å². The van der Waals surface area contributed by atoms with Crippen LogP contribution in [-0.4, -0.2) is 31.2 Å². The number of primary amides is 1. The molecule has 0 aromatic heterocycles. The molecule has 1 aliphatic carbocycles. The summed E-state index contributed by atoms with van der Waals surface area (Å²) in [7, 11) is 0. The number of ether oxygens (including phenoxy) is 1. The second-order valence-electron chi connectivity index (χ2n) is 4.40. The van der Waals surface area contributed by atoms with E-state index in [4.69, 9.17) is 10.5 Å². The summed E-state index contributed by atoms with van der Waals surface area (Å²) in [5.74, 6) is -0.305. The molecule has 1 fully saturated rings. The molecule has 1 amide bonds. The van der Waals surface area contributed by atoms with E-state index in [9.17, 15) is 4.79 Å². The fourth-order valence-electron chi connectivity index (χ4n) is 1.94. The van der Waals surface area contributed by atoms with E-state index >= 15 is 0 Å². The zero-order valence-corrected chi connectivity index (χ0v) is 9.17. The predicted octanol–water partition coefficient (Wildman–Crippen LogP) is 0.265. The molecule has 0 bridgehead atoms. The zero-order chi connectivity index (χ0) is 10.8. The summed E-state index contributed by atoms with van der Waals surface area (Å²) in [6, 6.07) is 0.339. The maximum Gasteiger partial charge on any atom is 0.231 e. The molecule has 4 heteroatoms. The summed E-state index contributed by atoms with van der Waals surface area (Å²) < 4.78 is 5.57. The summed E-state index contributed by atoms with van der Waals surface area (Å²) in [4.78, 5) is 10.6. The number of carbonyl (C=O) groups is 1. The summed E-state index contributed by atoms with van der Waals surface area (Å²) in [5.41, 5.74) is 5.17. The summed E-state index contributed by atoms with van der Waals surface area (Å²) in [6.45, 7) is 7.30. The van der Waals surface area contributed by atoms with Gasteiger partial charge in [-0.1, -0.05) is 13.8 Å². The lowest BCUT2D eigenvalue weighted by Crippen LogP contribution is -2.61. The second-order valence-corrected chi connectivity index (χ2v) is 4.40. The molecule has 2 atom stereocenters. The number of nitrogens with one attached hydrogen (secondary N) is 1. The highest BCUT2D eigenvalue weighted by atomic mass is 16.5. The van der Waals surface area contributed by atoms with Crippen molar-refractivity contribution in [2.75, 3.05) is 13.2 Å². The Morgan fingerprint density at radius 2 is 2.29 bits per heavy atom. The minimum atomic E-state index is -0.305. The number of carbonyl (C=O) groups excluding carboxylic acids is 1. The normalized spacial score (nSPS) is 29.6. The van der Waals surface area contributed by atoms with Crippen molar-refractivity contribution in [2.24, 2.45) is 11.1 Å². The Hall–Kier alpha value is -0.610. The lowest BCUT2D eigenvalue weighted by Gasteiger charge is -2.51. The largest absolute Gasteiger partial charge is 0.378 e. The topological polar surface area (TPSA) is 64.3 Å². The highest BCUT2D eigenvalue weighted by molar-refractivity contribution is 5.75. The summed E-state index contributed by atoms with van der Waals surface area (Å²) in [5, 5.41) is 3.14. The van der Waals surface area contributed by atoms with Crippen molar-refractivity contribution in [1.82, 2.24) is 5.32 Å². The van der Waals surface area contributed by atoms with E-state index < -0.39 is 0 Å². The smallest absolute Gasteiger partial charge is 0.231 e. The van der Waals surface area contributed by atoms with Crippen molar-refractivity contribution in [2.45, 2.75) is 39.3 Å². The molecular weight excluding hydrogens is 180 g/mol. The molecule has 0 saturated heterocycles. The first-order chi connectivity index (χ1) is 6.48. The van der Waals surface area contributed by atoms with E-state index in [1.807, 2.05) is 6.92 Å². The van der Waals surface area contributed by atoms with Crippen LogP contribution in [0.4, 0.5) is 0 Å². The van der Waals surface area contributed by atoms with Gasteiger partial charge in [0.2, 0.25) is 5.91 Å². The minimum absolute atomic E-state index is 0.103. The molecule has 14 heavy (non-hydrogen) atoms. The Kier molecular flexibility index (Phi) is 3.50. The van der Waals surface area contributed by atoms with Crippen LogP contribution in [0.2, 0.25) is 0 Å². The van der Waals surface area contributed by atoms with Gasteiger partial charge in [0.1, 0.15) is 0 Å². The molecule has 1 aliphatic rings. The first-order valence-electron chi connectivity index (χ1n) is 5.11. The van der Waals surface area contributed by atoms with Crippen molar-refractivity contribution in [3.05, 3.63) is 0 Å². The lowest BCUT2D eigenvalue weighted by atomic mass is 9.64. The highest BCUT2D eigenvalue weighted by Gasteiger charge is 2.48. The standard InChI is InChI=1S/C10H20N2O2/c1-4-14-8-5-7(10(8,2)3)12-6-9(11)13/h7-8,12H,4-6H2,1-3H3,(H2,11,13). The highest BCUT2D eigenvalue weighted by Crippen LogP contribution is 2.42. The van der Waals surface area contributed by atoms with E-state index in [-0.39, 0.29) is 17.9 Å². The first kappa shape index (κ1) is 11.5. The summed E-state index contributed by atoms with van der Waals surface area (Å²) >= 11 is 0. The Balaban J connectivity index is 2.34. The second kappa shape index (κ2) is 4.28. The van der Waals surface area contributed by atoms with Gasteiger partial charge in [-0.25, -0.2) is 0 Å². The fraction of sp³-hybridized carbons (Fsp3) is 0.900. The van der Waals surface area contributed by atoms with Gasteiger partial charge in [0.15, 0.2) is 0 Å². The number of hydrogen-bond acceptors (Lipinski definition) is 3. The van der Waals surface area contributed by atoms with Crippen molar-refractivity contribution in [3.8, 4) is 0 Å². The van der Waals surface area contributed by atoms with Gasteiger partial charge in [-0.15, -0.1) is 0 Å². The number of hydrogen-bond donors (Lipinski definition) is 2. The van der Waals surface area contributed by atoms with Crippen molar-refractivity contribution >= 4 is 5.91 Å². The van der Waals surface area contributed by atoms with Crippen LogP contribution in [-0.2, 0) is 9.53 Å². The van der Waals surface area contributed by atoms with Crippen molar-refractivity contribution in [3.63, 3.8) is 0 Å². The van der Waals surface area contributed by atoms with Gasteiger partial charge in [0.25, 0.3) is 0 Å². The van der Waals surface area contributed by atoms with Gasteiger partial charge in [-0.05, 0) is 13.3 Å². The van der Waals surface area contributed by atoms with Crippen molar-refractivity contribution in [1.29, 1.82) is 0 Å². The molecule has 0 spiro atoms. The number of nitrogens with two attached hydrogens (primary N) is 1. The van der Waals surface area contributed by atoms with Crippen LogP contribution in [0.15, 0.2) is 0 Å².